The minimum absolute atomic E-state index is 0.454. The molecule has 0 spiro atoms. The Bertz CT molecular complexity index is 594. The molecule has 0 saturated carbocycles. The van der Waals surface area contributed by atoms with Crippen molar-refractivity contribution >= 4 is 17.3 Å². The number of halogens is 1. The molecule has 1 fully saturated rings. The van der Waals surface area contributed by atoms with Gasteiger partial charge in [0, 0.05) is 18.1 Å². The van der Waals surface area contributed by atoms with E-state index < -0.39 is 0 Å². The summed E-state index contributed by atoms with van der Waals surface area (Å²) in [7, 11) is 0. The van der Waals surface area contributed by atoms with Crippen LogP contribution in [-0.2, 0) is 11.3 Å². The van der Waals surface area contributed by atoms with Gasteiger partial charge in [0.2, 0.25) is 0 Å². The molecule has 1 aliphatic rings. The van der Waals surface area contributed by atoms with Gasteiger partial charge in [-0.25, -0.2) is 4.68 Å². The largest absolute Gasteiger partial charge is 0.398 e. The molecular formula is C13H16ClN5O. The second-order valence-electron chi connectivity index (χ2n) is 5.00. The summed E-state index contributed by atoms with van der Waals surface area (Å²) in [5.41, 5.74) is 7.23. The quantitative estimate of drug-likeness (QED) is 0.876. The smallest absolute Gasteiger partial charge is 0.182 e. The van der Waals surface area contributed by atoms with Crippen molar-refractivity contribution in [2.75, 3.05) is 18.9 Å². The van der Waals surface area contributed by atoms with E-state index in [1.54, 1.807) is 12.1 Å². The molecule has 106 valence electrons. The van der Waals surface area contributed by atoms with Gasteiger partial charge in [0.15, 0.2) is 5.82 Å². The normalized spacial score (nSPS) is 19.1. The number of nitrogen functional groups attached to an aromatic ring is 1. The van der Waals surface area contributed by atoms with Crippen molar-refractivity contribution in [2.24, 2.45) is 5.92 Å². The van der Waals surface area contributed by atoms with E-state index in [4.69, 9.17) is 22.1 Å². The Morgan fingerprint density at radius 2 is 2.35 bits per heavy atom. The minimum atomic E-state index is 0.454. The Labute approximate surface area is 121 Å². The Morgan fingerprint density at radius 1 is 1.45 bits per heavy atom. The van der Waals surface area contributed by atoms with E-state index in [1.807, 2.05) is 10.7 Å². The topological polar surface area (TPSA) is 78.9 Å². The van der Waals surface area contributed by atoms with Gasteiger partial charge in [-0.3, -0.25) is 0 Å². The van der Waals surface area contributed by atoms with Gasteiger partial charge in [0.25, 0.3) is 0 Å². The highest BCUT2D eigenvalue weighted by Crippen LogP contribution is 2.26. The van der Waals surface area contributed by atoms with E-state index in [-0.39, 0.29) is 0 Å². The summed E-state index contributed by atoms with van der Waals surface area (Å²) in [6.07, 6.45) is 2.23. The van der Waals surface area contributed by atoms with Gasteiger partial charge >= 0.3 is 0 Å². The maximum Gasteiger partial charge on any atom is 0.182 e. The monoisotopic (exact) mass is 293 g/mol. The molecule has 2 N–H and O–H groups in total. The third kappa shape index (κ3) is 2.76. The number of hydrogen-bond acceptors (Lipinski definition) is 5. The van der Waals surface area contributed by atoms with Crippen LogP contribution < -0.4 is 5.73 Å². The molecule has 7 heteroatoms. The lowest BCUT2D eigenvalue weighted by atomic mass is 10.0. The summed E-state index contributed by atoms with van der Waals surface area (Å²) in [6.45, 7) is 2.37. The van der Waals surface area contributed by atoms with Crippen LogP contribution in [0.3, 0.4) is 0 Å². The van der Waals surface area contributed by atoms with Crippen molar-refractivity contribution in [1.82, 2.24) is 20.2 Å². The molecule has 6 nitrogen and oxygen atoms in total. The van der Waals surface area contributed by atoms with Crippen molar-refractivity contribution < 1.29 is 4.74 Å². The number of benzene rings is 1. The number of aromatic nitrogens is 4. The minimum Gasteiger partial charge on any atom is -0.398 e. The van der Waals surface area contributed by atoms with E-state index in [2.05, 4.69) is 15.5 Å². The molecule has 20 heavy (non-hydrogen) atoms. The Hall–Kier alpha value is -1.66. The molecule has 2 heterocycles. The van der Waals surface area contributed by atoms with Gasteiger partial charge in [-0.2, -0.15) is 0 Å². The van der Waals surface area contributed by atoms with E-state index in [0.29, 0.717) is 22.5 Å². The first-order chi connectivity index (χ1) is 9.74. The number of ether oxygens (including phenoxy) is 1. The lowest BCUT2D eigenvalue weighted by molar-refractivity contribution is 0.0470. The molecule has 1 aliphatic heterocycles. The summed E-state index contributed by atoms with van der Waals surface area (Å²) < 4.78 is 7.30. The van der Waals surface area contributed by atoms with Crippen molar-refractivity contribution in [3.8, 4) is 11.4 Å². The average Bonchev–Trinajstić information content (AvgIpc) is 2.91. The Morgan fingerprint density at radius 3 is 3.10 bits per heavy atom. The fourth-order valence-electron chi connectivity index (χ4n) is 2.41. The van der Waals surface area contributed by atoms with E-state index in [9.17, 15) is 0 Å². The predicted molar refractivity (Wildman–Crippen MR) is 76.2 cm³/mol. The molecule has 2 aromatic rings. The molecule has 3 rings (SSSR count). The predicted octanol–water partition coefficient (Wildman–Crippen LogP) is 2.00. The molecule has 1 unspecified atom stereocenters. The van der Waals surface area contributed by atoms with Crippen molar-refractivity contribution in [3.63, 3.8) is 0 Å². The standard InChI is InChI=1S/C13H16ClN5O/c14-11-4-3-10(6-12(11)15)13-16-17-18-19(13)7-9-2-1-5-20-8-9/h3-4,6,9H,1-2,5,7-8,15H2. The van der Waals surface area contributed by atoms with Crippen LogP contribution in [0.5, 0.6) is 0 Å². The first-order valence-electron chi connectivity index (χ1n) is 6.63. The second kappa shape index (κ2) is 5.76. The number of rotatable bonds is 3. The molecule has 0 amide bonds. The Kier molecular flexibility index (Phi) is 3.84. The van der Waals surface area contributed by atoms with Gasteiger partial charge in [-0.1, -0.05) is 11.6 Å². The van der Waals surface area contributed by atoms with Crippen LogP contribution in [0.25, 0.3) is 11.4 Å². The zero-order valence-corrected chi connectivity index (χ0v) is 11.8. The molecule has 1 atom stereocenters. The summed E-state index contributed by atoms with van der Waals surface area (Å²) >= 11 is 5.94. The number of hydrogen-bond donors (Lipinski definition) is 1. The molecular weight excluding hydrogens is 278 g/mol. The van der Waals surface area contributed by atoms with Gasteiger partial charge in [-0.05, 0) is 41.5 Å². The van der Waals surface area contributed by atoms with Crippen LogP contribution in [0.4, 0.5) is 5.69 Å². The SMILES string of the molecule is Nc1cc(-c2nnnn2CC2CCCOC2)ccc1Cl. The zero-order valence-electron chi connectivity index (χ0n) is 11.0. The van der Waals surface area contributed by atoms with Crippen LogP contribution >= 0.6 is 11.6 Å². The summed E-state index contributed by atoms with van der Waals surface area (Å²) in [4.78, 5) is 0. The Balaban J connectivity index is 1.83. The summed E-state index contributed by atoms with van der Waals surface area (Å²) in [6, 6.07) is 5.43. The maximum absolute atomic E-state index is 5.94. The fraction of sp³-hybridized carbons (Fsp3) is 0.462. The fourth-order valence-corrected chi connectivity index (χ4v) is 2.53. The first-order valence-corrected chi connectivity index (χ1v) is 7.01. The number of tetrazole rings is 1. The molecule has 0 aliphatic carbocycles. The van der Waals surface area contributed by atoms with Gasteiger partial charge < -0.3 is 10.5 Å². The van der Waals surface area contributed by atoms with Gasteiger partial charge in [0.1, 0.15) is 0 Å². The highest BCUT2D eigenvalue weighted by atomic mass is 35.5. The maximum atomic E-state index is 5.94. The van der Waals surface area contributed by atoms with Gasteiger partial charge in [-0.15, -0.1) is 5.10 Å². The molecule has 1 aromatic heterocycles. The van der Waals surface area contributed by atoms with Crippen LogP contribution in [-0.4, -0.2) is 33.4 Å². The number of nitrogens with two attached hydrogens (primary N) is 1. The van der Waals surface area contributed by atoms with E-state index >= 15 is 0 Å². The lowest BCUT2D eigenvalue weighted by Crippen LogP contribution is -2.23. The van der Waals surface area contributed by atoms with Crippen LogP contribution in [0.1, 0.15) is 12.8 Å². The van der Waals surface area contributed by atoms with Gasteiger partial charge in [0.05, 0.1) is 23.9 Å². The molecule has 0 bridgehead atoms. The van der Waals surface area contributed by atoms with Crippen LogP contribution in [0, 0.1) is 5.92 Å². The van der Waals surface area contributed by atoms with Crippen LogP contribution in [0.15, 0.2) is 18.2 Å². The molecule has 1 aromatic carbocycles. The molecule has 0 radical (unpaired) electrons. The number of anilines is 1. The highest BCUT2D eigenvalue weighted by Gasteiger charge is 2.18. The lowest BCUT2D eigenvalue weighted by Gasteiger charge is -2.21. The second-order valence-corrected chi connectivity index (χ2v) is 5.41. The van der Waals surface area contributed by atoms with Crippen LogP contribution in [0.2, 0.25) is 5.02 Å². The summed E-state index contributed by atoms with van der Waals surface area (Å²) in [5.74, 6) is 1.16. The van der Waals surface area contributed by atoms with E-state index in [0.717, 1.165) is 38.2 Å². The number of nitrogens with zero attached hydrogens (tertiary/aromatic N) is 4. The third-order valence-corrected chi connectivity index (χ3v) is 3.82. The van der Waals surface area contributed by atoms with Crippen molar-refractivity contribution in [1.29, 1.82) is 0 Å². The third-order valence-electron chi connectivity index (χ3n) is 3.47. The zero-order chi connectivity index (χ0) is 13.9. The van der Waals surface area contributed by atoms with E-state index in [1.165, 1.54) is 0 Å². The van der Waals surface area contributed by atoms with Crippen molar-refractivity contribution in [3.05, 3.63) is 23.2 Å². The summed E-state index contributed by atoms with van der Waals surface area (Å²) in [5, 5.41) is 12.5. The van der Waals surface area contributed by atoms with Crippen molar-refractivity contribution in [2.45, 2.75) is 19.4 Å². The highest BCUT2D eigenvalue weighted by molar-refractivity contribution is 6.33. The average molecular weight is 294 g/mol. The first kappa shape index (κ1) is 13.3. The molecule has 1 saturated heterocycles.